The standard InChI is InChI=1S/C17H16ClNO2S/c1-3-16-17(13-6-8-14(18)9-7-13)19(16)22(20,21)15-10-4-12(2)5-11-15/h3-11,16-17H,1H2,2H3/t16-,17+,19?/m1/s1. The molecule has 0 aliphatic carbocycles. The van der Waals surface area contributed by atoms with Gasteiger partial charge >= 0.3 is 0 Å². The van der Waals surface area contributed by atoms with Crippen molar-refractivity contribution in [2.75, 3.05) is 0 Å². The zero-order chi connectivity index (χ0) is 15.9. The van der Waals surface area contributed by atoms with E-state index in [2.05, 4.69) is 6.58 Å². The van der Waals surface area contributed by atoms with Gasteiger partial charge in [-0.05, 0) is 36.8 Å². The maximum Gasteiger partial charge on any atom is 0.244 e. The van der Waals surface area contributed by atoms with Crippen LogP contribution in [0, 0.1) is 6.92 Å². The second-order valence-electron chi connectivity index (χ2n) is 5.37. The predicted octanol–water partition coefficient (Wildman–Crippen LogP) is 3.95. The van der Waals surface area contributed by atoms with E-state index in [1.807, 2.05) is 19.1 Å². The van der Waals surface area contributed by atoms with Crippen LogP contribution in [-0.2, 0) is 10.0 Å². The molecule has 0 saturated carbocycles. The van der Waals surface area contributed by atoms with E-state index in [0.717, 1.165) is 11.1 Å². The van der Waals surface area contributed by atoms with Crippen LogP contribution in [0.2, 0.25) is 5.02 Å². The number of aryl methyl sites for hydroxylation is 1. The third-order valence-corrected chi connectivity index (χ3v) is 6.00. The second kappa shape index (κ2) is 5.54. The Labute approximate surface area is 135 Å². The molecule has 1 aliphatic heterocycles. The molecule has 0 N–H and O–H groups in total. The van der Waals surface area contributed by atoms with Crippen LogP contribution < -0.4 is 0 Å². The molecule has 5 heteroatoms. The van der Waals surface area contributed by atoms with Gasteiger partial charge in [-0.2, -0.15) is 4.31 Å². The number of rotatable bonds is 4. The summed E-state index contributed by atoms with van der Waals surface area (Å²) >= 11 is 5.89. The summed E-state index contributed by atoms with van der Waals surface area (Å²) in [6.07, 6.45) is 1.67. The number of hydrogen-bond acceptors (Lipinski definition) is 2. The van der Waals surface area contributed by atoms with Crippen molar-refractivity contribution in [1.29, 1.82) is 0 Å². The van der Waals surface area contributed by atoms with Crippen molar-refractivity contribution in [2.45, 2.75) is 23.9 Å². The lowest BCUT2D eigenvalue weighted by Gasteiger charge is -2.07. The summed E-state index contributed by atoms with van der Waals surface area (Å²) in [4.78, 5) is 0.307. The van der Waals surface area contributed by atoms with Gasteiger partial charge in [0.1, 0.15) is 0 Å². The third kappa shape index (κ3) is 2.58. The fraction of sp³-hybridized carbons (Fsp3) is 0.176. The largest absolute Gasteiger partial charge is 0.244 e. The number of halogens is 1. The fourth-order valence-electron chi connectivity index (χ4n) is 2.61. The van der Waals surface area contributed by atoms with Gasteiger partial charge < -0.3 is 0 Å². The van der Waals surface area contributed by atoms with Crippen LogP contribution >= 0.6 is 11.6 Å². The SMILES string of the molecule is C=C[C@@H]1[C@H](c2ccc(Cl)cc2)N1S(=O)(=O)c1ccc(C)cc1. The Morgan fingerprint density at radius 3 is 2.23 bits per heavy atom. The van der Waals surface area contributed by atoms with Gasteiger partial charge in [0.05, 0.1) is 17.0 Å². The minimum absolute atomic E-state index is 0.207. The van der Waals surface area contributed by atoms with Crippen LogP contribution in [0.3, 0.4) is 0 Å². The summed E-state index contributed by atoms with van der Waals surface area (Å²) in [5, 5.41) is 0.632. The first kappa shape index (κ1) is 15.3. The predicted molar refractivity (Wildman–Crippen MR) is 88.4 cm³/mol. The van der Waals surface area contributed by atoms with Crippen molar-refractivity contribution in [3.05, 3.63) is 77.3 Å². The molecular weight excluding hydrogens is 318 g/mol. The maximum absolute atomic E-state index is 12.8. The Kier molecular flexibility index (Phi) is 3.85. The molecule has 0 radical (unpaired) electrons. The van der Waals surface area contributed by atoms with Crippen molar-refractivity contribution in [1.82, 2.24) is 4.31 Å². The van der Waals surface area contributed by atoms with E-state index in [-0.39, 0.29) is 12.1 Å². The van der Waals surface area contributed by atoms with E-state index in [9.17, 15) is 8.42 Å². The van der Waals surface area contributed by atoms with Gasteiger partial charge in [0.2, 0.25) is 10.0 Å². The lowest BCUT2D eigenvalue weighted by molar-refractivity contribution is 0.550. The molecular formula is C17H16ClNO2S. The first-order valence-corrected chi connectivity index (χ1v) is 8.75. The van der Waals surface area contributed by atoms with Crippen molar-refractivity contribution in [2.24, 2.45) is 0 Å². The first-order valence-electron chi connectivity index (χ1n) is 6.93. The topological polar surface area (TPSA) is 37.1 Å². The molecule has 0 bridgehead atoms. The summed E-state index contributed by atoms with van der Waals surface area (Å²) in [6, 6.07) is 13.7. The highest BCUT2D eigenvalue weighted by Crippen LogP contribution is 2.48. The van der Waals surface area contributed by atoms with Crippen LogP contribution in [0.4, 0.5) is 0 Å². The molecule has 0 spiro atoms. The molecule has 3 atom stereocenters. The molecule has 2 aromatic carbocycles. The zero-order valence-electron chi connectivity index (χ0n) is 12.1. The van der Waals surface area contributed by atoms with Gasteiger partial charge in [0, 0.05) is 5.02 Å². The Hall–Kier alpha value is -1.62. The normalized spacial score (nSPS) is 24.0. The first-order chi connectivity index (χ1) is 10.4. The summed E-state index contributed by atoms with van der Waals surface area (Å²) in [6.45, 7) is 5.68. The van der Waals surface area contributed by atoms with Crippen molar-refractivity contribution < 1.29 is 8.42 Å². The number of sulfonamides is 1. The average molecular weight is 334 g/mol. The van der Waals surface area contributed by atoms with Crippen molar-refractivity contribution >= 4 is 21.6 Å². The van der Waals surface area contributed by atoms with Gasteiger partial charge in [-0.1, -0.05) is 47.5 Å². The van der Waals surface area contributed by atoms with Gasteiger partial charge in [0.15, 0.2) is 0 Å². The molecule has 1 fully saturated rings. The van der Waals surface area contributed by atoms with E-state index in [1.165, 1.54) is 4.31 Å². The molecule has 0 amide bonds. The Bertz CT molecular complexity index is 798. The summed E-state index contributed by atoms with van der Waals surface area (Å²) in [5.41, 5.74) is 1.95. The van der Waals surface area contributed by atoms with Gasteiger partial charge in [-0.3, -0.25) is 0 Å². The molecule has 22 heavy (non-hydrogen) atoms. The van der Waals surface area contributed by atoms with E-state index in [0.29, 0.717) is 9.92 Å². The Morgan fingerprint density at radius 2 is 1.68 bits per heavy atom. The van der Waals surface area contributed by atoms with Crippen molar-refractivity contribution in [3.63, 3.8) is 0 Å². The molecule has 114 valence electrons. The molecule has 0 aromatic heterocycles. The highest BCUT2D eigenvalue weighted by atomic mass is 35.5. The lowest BCUT2D eigenvalue weighted by Crippen LogP contribution is -2.14. The summed E-state index contributed by atoms with van der Waals surface area (Å²) < 4.78 is 27.0. The molecule has 3 rings (SSSR count). The minimum Gasteiger partial charge on any atom is -0.207 e. The van der Waals surface area contributed by atoms with Gasteiger partial charge in [0.25, 0.3) is 0 Å². The van der Waals surface area contributed by atoms with Crippen LogP contribution in [-0.4, -0.2) is 18.8 Å². The Morgan fingerprint density at radius 1 is 1.09 bits per heavy atom. The van der Waals surface area contributed by atoms with Crippen LogP contribution in [0.15, 0.2) is 66.1 Å². The number of nitrogens with zero attached hydrogens (tertiary/aromatic N) is 1. The van der Waals surface area contributed by atoms with E-state index in [4.69, 9.17) is 11.6 Å². The highest BCUT2D eigenvalue weighted by molar-refractivity contribution is 7.89. The average Bonchev–Trinajstić information content (AvgIpc) is 3.24. The van der Waals surface area contributed by atoms with Crippen molar-refractivity contribution in [3.8, 4) is 0 Å². The van der Waals surface area contributed by atoms with Crippen LogP contribution in [0.25, 0.3) is 0 Å². The van der Waals surface area contributed by atoms with E-state index < -0.39 is 10.0 Å². The van der Waals surface area contributed by atoms with Gasteiger partial charge in [-0.15, -0.1) is 6.58 Å². The fourth-order valence-corrected chi connectivity index (χ4v) is 4.47. The Balaban J connectivity index is 1.95. The minimum atomic E-state index is -3.52. The van der Waals surface area contributed by atoms with E-state index in [1.54, 1.807) is 42.5 Å². The monoisotopic (exact) mass is 333 g/mol. The molecule has 1 saturated heterocycles. The zero-order valence-corrected chi connectivity index (χ0v) is 13.7. The molecule has 3 nitrogen and oxygen atoms in total. The second-order valence-corrected chi connectivity index (χ2v) is 7.65. The van der Waals surface area contributed by atoms with Crippen LogP contribution in [0.1, 0.15) is 17.2 Å². The highest BCUT2D eigenvalue weighted by Gasteiger charge is 2.54. The molecule has 2 aromatic rings. The van der Waals surface area contributed by atoms with E-state index >= 15 is 0 Å². The summed E-state index contributed by atoms with van der Waals surface area (Å²) in [5.74, 6) is 0. The van der Waals surface area contributed by atoms with Gasteiger partial charge in [-0.25, -0.2) is 8.42 Å². The maximum atomic E-state index is 12.8. The summed E-state index contributed by atoms with van der Waals surface area (Å²) in [7, 11) is -3.52. The third-order valence-electron chi connectivity index (χ3n) is 3.85. The molecule has 1 heterocycles. The number of benzene rings is 2. The lowest BCUT2D eigenvalue weighted by atomic mass is 10.1. The quantitative estimate of drug-likeness (QED) is 0.627. The van der Waals surface area contributed by atoms with Crippen LogP contribution in [0.5, 0.6) is 0 Å². The molecule has 1 aliphatic rings. The smallest absolute Gasteiger partial charge is 0.207 e. The molecule has 1 unspecified atom stereocenters. The number of hydrogen-bond donors (Lipinski definition) is 0.